The smallest absolute Gasteiger partial charge is 0.327 e. The number of hydrogen-bond donors (Lipinski definition) is 2. The molecule has 1 aromatic heterocycles. The minimum absolute atomic E-state index is 0.150. The number of methoxy groups -OCH3 is 2. The number of hydrogen-bond acceptors (Lipinski definition) is 8. The first kappa shape index (κ1) is 27.6. The molecule has 2 heterocycles. The van der Waals surface area contributed by atoms with Crippen molar-refractivity contribution in [3.8, 4) is 17.2 Å². The lowest BCUT2D eigenvalue weighted by molar-refractivity contribution is 0.223. The predicted molar refractivity (Wildman–Crippen MR) is 150 cm³/mol. The van der Waals surface area contributed by atoms with Gasteiger partial charge in [-0.1, -0.05) is 37.0 Å². The maximum absolute atomic E-state index is 13.1. The molecule has 0 fully saturated rings. The summed E-state index contributed by atoms with van der Waals surface area (Å²) in [4.78, 5) is 25.6. The van der Waals surface area contributed by atoms with Crippen LogP contribution in [0.3, 0.4) is 0 Å². The first-order valence-corrected chi connectivity index (χ1v) is 12.9. The van der Waals surface area contributed by atoms with Crippen LogP contribution in [-0.4, -0.2) is 61.4 Å². The second-order valence-electron chi connectivity index (χ2n) is 8.37. The normalized spacial score (nSPS) is 12.7. The lowest BCUT2D eigenvalue weighted by Crippen LogP contribution is -2.39. The van der Waals surface area contributed by atoms with Crippen molar-refractivity contribution in [3.05, 3.63) is 52.1 Å². The lowest BCUT2D eigenvalue weighted by atomic mass is 10.2. The van der Waals surface area contributed by atoms with Crippen molar-refractivity contribution in [2.45, 2.75) is 20.4 Å². The van der Waals surface area contributed by atoms with E-state index < -0.39 is 6.03 Å². The maximum atomic E-state index is 13.1. The number of benzene rings is 2. The van der Waals surface area contributed by atoms with E-state index in [1.54, 1.807) is 12.3 Å². The average molecular weight is 561 g/mol. The Balaban J connectivity index is 1.46. The Morgan fingerprint density at radius 2 is 1.74 bits per heavy atom. The van der Waals surface area contributed by atoms with Gasteiger partial charge in [-0.25, -0.2) is 9.78 Å². The number of aromatic nitrogens is 2. The summed E-state index contributed by atoms with van der Waals surface area (Å²) in [5.74, 6) is 2.18. The Bertz CT molecular complexity index is 1260. The second-order valence-corrected chi connectivity index (χ2v) is 9.12. The molecule has 38 heavy (non-hydrogen) atoms. The Morgan fingerprint density at radius 1 is 1.08 bits per heavy atom. The van der Waals surface area contributed by atoms with Crippen molar-refractivity contribution in [2.24, 2.45) is 0 Å². The van der Waals surface area contributed by atoms with Gasteiger partial charge in [-0.05, 0) is 37.4 Å². The molecule has 202 valence electrons. The van der Waals surface area contributed by atoms with Crippen LogP contribution >= 0.6 is 23.2 Å². The van der Waals surface area contributed by atoms with E-state index in [1.165, 1.54) is 19.1 Å². The molecule has 4 rings (SSSR count). The lowest BCUT2D eigenvalue weighted by Gasteiger charge is -2.30. The molecular formula is C26H30Cl2N6O4. The zero-order valence-electron chi connectivity index (χ0n) is 21.7. The quantitative estimate of drug-likeness (QED) is 0.302. The minimum Gasteiger partial charge on any atom is -0.495 e. The summed E-state index contributed by atoms with van der Waals surface area (Å²) in [5.41, 5.74) is 1.74. The minimum atomic E-state index is -0.451. The van der Waals surface area contributed by atoms with E-state index in [2.05, 4.69) is 39.3 Å². The highest BCUT2D eigenvalue weighted by Gasteiger charge is 2.31. The third-order valence-corrected chi connectivity index (χ3v) is 6.90. The van der Waals surface area contributed by atoms with Gasteiger partial charge in [0.2, 0.25) is 5.95 Å². The van der Waals surface area contributed by atoms with E-state index in [-0.39, 0.29) is 22.3 Å². The first-order chi connectivity index (χ1) is 18.4. The molecule has 0 saturated heterocycles. The van der Waals surface area contributed by atoms with Gasteiger partial charge in [0.25, 0.3) is 0 Å². The highest BCUT2D eigenvalue weighted by Crippen LogP contribution is 2.47. The number of anilines is 4. The molecule has 2 N–H and O–H groups in total. The maximum Gasteiger partial charge on any atom is 0.327 e. The third-order valence-electron chi connectivity index (χ3n) is 6.17. The summed E-state index contributed by atoms with van der Waals surface area (Å²) < 4.78 is 16.5. The average Bonchev–Trinajstić information content (AvgIpc) is 2.92. The van der Waals surface area contributed by atoms with E-state index >= 15 is 0 Å². The summed E-state index contributed by atoms with van der Waals surface area (Å²) in [7, 11) is 2.95. The zero-order valence-corrected chi connectivity index (χ0v) is 23.2. The number of ether oxygens (including phenoxy) is 3. The van der Waals surface area contributed by atoms with Crippen molar-refractivity contribution >= 4 is 52.4 Å². The van der Waals surface area contributed by atoms with Gasteiger partial charge in [0.1, 0.15) is 39.7 Å². The number of carbonyl (C=O) groups excluding carboxylic acids is 1. The highest BCUT2D eigenvalue weighted by molar-refractivity contribution is 6.42. The number of fused-ring (bicyclic) bond motifs is 1. The third kappa shape index (κ3) is 5.98. The van der Waals surface area contributed by atoms with Crippen molar-refractivity contribution < 1.29 is 19.0 Å². The Kier molecular flexibility index (Phi) is 8.98. The van der Waals surface area contributed by atoms with E-state index in [0.29, 0.717) is 35.4 Å². The number of likely N-dealkylation sites (N-methyl/N-ethyl adjacent to an activating group) is 1. The van der Waals surface area contributed by atoms with Crippen molar-refractivity contribution in [2.75, 3.05) is 56.0 Å². The molecule has 10 nitrogen and oxygen atoms in total. The van der Waals surface area contributed by atoms with Gasteiger partial charge in [0, 0.05) is 30.1 Å². The van der Waals surface area contributed by atoms with Crippen LogP contribution in [0.4, 0.5) is 27.9 Å². The molecule has 2 amide bonds. The number of nitrogens with one attached hydrogen (secondary N) is 2. The van der Waals surface area contributed by atoms with Gasteiger partial charge in [-0.15, -0.1) is 0 Å². The van der Waals surface area contributed by atoms with E-state index in [4.69, 9.17) is 37.4 Å². The van der Waals surface area contributed by atoms with Crippen LogP contribution in [0.15, 0.2) is 36.5 Å². The molecule has 0 atom stereocenters. The standard InChI is InChI=1S/C26H30Cl2N6O4/c1-5-33(6-2)11-12-38-18-9-7-17(8-10-18)30-25-29-14-16-15-34(26(35)32-24(16)31-25)23-21(27)19(36-3)13-20(37-4)22(23)28/h7-10,13-14H,5-6,11-12,15H2,1-4H3,(H2,29,30,31,32,35). The molecule has 3 aromatic rings. The van der Waals surface area contributed by atoms with Gasteiger partial charge in [-0.3, -0.25) is 10.2 Å². The second kappa shape index (κ2) is 12.4. The summed E-state index contributed by atoms with van der Waals surface area (Å²) in [5, 5.41) is 6.32. The fourth-order valence-corrected chi connectivity index (χ4v) is 4.69. The number of nitrogens with zero attached hydrogens (tertiary/aromatic N) is 4. The number of halogens is 2. The summed E-state index contributed by atoms with van der Waals surface area (Å²) >= 11 is 13.0. The molecule has 0 radical (unpaired) electrons. The molecule has 0 bridgehead atoms. The molecule has 2 aromatic carbocycles. The van der Waals surface area contributed by atoms with Gasteiger partial charge >= 0.3 is 6.03 Å². The van der Waals surface area contributed by atoms with E-state index in [1.807, 2.05) is 24.3 Å². The van der Waals surface area contributed by atoms with Crippen molar-refractivity contribution in [1.29, 1.82) is 0 Å². The van der Waals surface area contributed by atoms with Crippen LogP contribution in [0.2, 0.25) is 10.0 Å². The van der Waals surface area contributed by atoms with Gasteiger partial charge in [0.15, 0.2) is 0 Å². The number of amides is 2. The van der Waals surface area contributed by atoms with Gasteiger partial charge in [-0.2, -0.15) is 4.98 Å². The van der Waals surface area contributed by atoms with Crippen LogP contribution in [0.1, 0.15) is 19.4 Å². The fraction of sp³-hybridized carbons (Fsp3) is 0.346. The molecule has 1 aliphatic rings. The van der Waals surface area contributed by atoms with Crippen LogP contribution in [-0.2, 0) is 6.54 Å². The molecule has 0 spiro atoms. The molecule has 0 saturated carbocycles. The summed E-state index contributed by atoms with van der Waals surface area (Å²) in [6.45, 7) is 7.92. The number of carbonyl (C=O) groups is 1. The number of urea groups is 1. The zero-order chi connectivity index (χ0) is 27.2. The van der Waals surface area contributed by atoms with Crippen LogP contribution in [0.5, 0.6) is 17.2 Å². The topological polar surface area (TPSA) is 101 Å². The molecular weight excluding hydrogens is 531 g/mol. The first-order valence-electron chi connectivity index (χ1n) is 12.1. The largest absolute Gasteiger partial charge is 0.495 e. The Labute approximate surface area is 231 Å². The predicted octanol–water partition coefficient (Wildman–Crippen LogP) is 5.82. The molecule has 0 aliphatic carbocycles. The molecule has 12 heteroatoms. The SMILES string of the molecule is CCN(CC)CCOc1ccc(Nc2ncc3c(n2)NC(=O)N(c2c(Cl)c(OC)cc(OC)c2Cl)C3)cc1. The van der Waals surface area contributed by atoms with Crippen molar-refractivity contribution in [1.82, 2.24) is 14.9 Å². The van der Waals surface area contributed by atoms with E-state index in [0.717, 1.165) is 31.1 Å². The monoisotopic (exact) mass is 560 g/mol. The number of rotatable bonds is 11. The Hall–Kier alpha value is -3.47. The summed E-state index contributed by atoms with van der Waals surface area (Å²) in [6, 6.07) is 8.66. The van der Waals surface area contributed by atoms with Crippen molar-refractivity contribution in [3.63, 3.8) is 0 Å². The molecule has 1 aliphatic heterocycles. The Morgan fingerprint density at radius 3 is 2.34 bits per heavy atom. The molecule has 0 unspecified atom stereocenters. The van der Waals surface area contributed by atoms with Gasteiger partial charge in [0.05, 0.1) is 26.5 Å². The fourth-order valence-electron chi connectivity index (χ4n) is 3.99. The summed E-state index contributed by atoms with van der Waals surface area (Å²) in [6.07, 6.45) is 1.64. The van der Waals surface area contributed by atoms with Crippen LogP contribution < -0.4 is 29.7 Å². The van der Waals surface area contributed by atoms with E-state index in [9.17, 15) is 4.79 Å². The van der Waals surface area contributed by atoms with Gasteiger partial charge < -0.3 is 24.4 Å². The van der Waals surface area contributed by atoms with Crippen LogP contribution in [0, 0.1) is 0 Å². The van der Waals surface area contributed by atoms with Crippen LogP contribution in [0.25, 0.3) is 0 Å². The highest BCUT2D eigenvalue weighted by atomic mass is 35.5.